The fourth-order valence-electron chi connectivity index (χ4n) is 2.79. The SMILES string of the molecule is CN=C(NCCCC(C)(C)C)NC1CCCn2nc(C)nc21.I. The Bertz CT molecular complexity index is 517. The lowest BCUT2D eigenvalue weighted by Gasteiger charge is -2.25. The lowest BCUT2D eigenvalue weighted by atomic mass is 9.91. The third-order valence-electron chi connectivity index (χ3n) is 3.91. The molecule has 2 N–H and O–H groups in total. The number of nitrogens with one attached hydrogen (secondary N) is 2. The van der Waals surface area contributed by atoms with Crippen molar-refractivity contribution in [1.29, 1.82) is 0 Å². The Morgan fingerprint density at radius 2 is 2.13 bits per heavy atom. The van der Waals surface area contributed by atoms with Crippen LogP contribution in [0, 0.1) is 12.3 Å². The first-order chi connectivity index (χ1) is 10.4. The summed E-state index contributed by atoms with van der Waals surface area (Å²) in [7, 11) is 1.82. The number of aliphatic imine (C=N–C) groups is 1. The third kappa shape index (κ3) is 6.27. The second-order valence-electron chi connectivity index (χ2n) is 7.24. The maximum Gasteiger partial charge on any atom is 0.191 e. The molecule has 0 bridgehead atoms. The summed E-state index contributed by atoms with van der Waals surface area (Å²) in [5.74, 6) is 2.73. The molecule has 0 amide bonds. The minimum absolute atomic E-state index is 0. The molecular formula is C16H31IN6. The summed E-state index contributed by atoms with van der Waals surface area (Å²) in [4.78, 5) is 8.89. The summed E-state index contributed by atoms with van der Waals surface area (Å²) in [6, 6.07) is 0.198. The maximum atomic E-state index is 4.56. The first-order valence-corrected chi connectivity index (χ1v) is 8.27. The number of guanidine groups is 1. The fourth-order valence-corrected chi connectivity index (χ4v) is 2.79. The molecule has 1 atom stereocenters. The normalized spacial score (nSPS) is 18.1. The Balaban J connectivity index is 0.00000264. The standard InChI is InChI=1S/C16H30N6.HI/c1-12-19-14-13(8-6-11-22(14)21-12)20-15(17-5)18-10-7-9-16(2,3)4;/h13H,6-11H2,1-5H3,(H2,17,18,20);1H. The molecular weight excluding hydrogens is 403 g/mol. The molecule has 7 heteroatoms. The van der Waals surface area contributed by atoms with Crippen molar-refractivity contribution in [1.82, 2.24) is 25.4 Å². The average molecular weight is 434 g/mol. The molecule has 6 nitrogen and oxygen atoms in total. The molecule has 132 valence electrons. The van der Waals surface area contributed by atoms with E-state index in [0.717, 1.165) is 50.0 Å². The molecule has 1 aliphatic heterocycles. The Hall–Kier alpha value is -0.860. The second-order valence-corrected chi connectivity index (χ2v) is 7.24. The van der Waals surface area contributed by atoms with Crippen LogP contribution in [-0.4, -0.2) is 34.3 Å². The highest BCUT2D eigenvalue weighted by molar-refractivity contribution is 14.0. The van der Waals surface area contributed by atoms with Gasteiger partial charge >= 0.3 is 0 Å². The van der Waals surface area contributed by atoms with Crippen LogP contribution in [0.15, 0.2) is 4.99 Å². The topological polar surface area (TPSA) is 67.1 Å². The van der Waals surface area contributed by atoms with Gasteiger partial charge in [-0.25, -0.2) is 9.67 Å². The van der Waals surface area contributed by atoms with Gasteiger partial charge in [-0.2, -0.15) is 5.10 Å². The van der Waals surface area contributed by atoms with Gasteiger partial charge in [-0.05, 0) is 38.0 Å². The van der Waals surface area contributed by atoms with Gasteiger partial charge in [0.15, 0.2) is 5.96 Å². The summed E-state index contributed by atoms with van der Waals surface area (Å²) in [5.41, 5.74) is 0.385. The van der Waals surface area contributed by atoms with Crippen LogP contribution >= 0.6 is 24.0 Å². The summed E-state index contributed by atoms with van der Waals surface area (Å²) >= 11 is 0. The van der Waals surface area contributed by atoms with Crippen molar-refractivity contribution >= 4 is 29.9 Å². The van der Waals surface area contributed by atoms with Gasteiger partial charge in [0.25, 0.3) is 0 Å². The number of hydrogen-bond acceptors (Lipinski definition) is 3. The highest BCUT2D eigenvalue weighted by Gasteiger charge is 2.24. The number of hydrogen-bond donors (Lipinski definition) is 2. The van der Waals surface area contributed by atoms with Crippen molar-refractivity contribution in [2.75, 3.05) is 13.6 Å². The largest absolute Gasteiger partial charge is 0.356 e. The fraction of sp³-hybridized carbons (Fsp3) is 0.812. The molecule has 0 fully saturated rings. The Labute approximate surface area is 157 Å². The summed E-state index contributed by atoms with van der Waals surface area (Å²) in [6.45, 7) is 10.7. The number of aromatic nitrogens is 3. The van der Waals surface area contributed by atoms with Crippen molar-refractivity contribution < 1.29 is 0 Å². The van der Waals surface area contributed by atoms with Crippen LogP contribution in [0.25, 0.3) is 0 Å². The van der Waals surface area contributed by atoms with E-state index < -0.39 is 0 Å². The van der Waals surface area contributed by atoms with E-state index in [1.54, 1.807) is 0 Å². The molecule has 2 rings (SSSR count). The summed E-state index contributed by atoms with van der Waals surface area (Å²) < 4.78 is 2.02. The van der Waals surface area contributed by atoms with Crippen LogP contribution in [0.5, 0.6) is 0 Å². The van der Waals surface area contributed by atoms with Crippen molar-refractivity contribution in [2.24, 2.45) is 10.4 Å². The van der Waals surface area contributed by atoms with Gasteiger partial charge in [0.1, 0.15) is 11.6 Å². The van der Waals surface area contributed by atoms with Crippen LogP contribution < -0.4 is 10.6 Å². The van der Waals surface area contributed by atoms with E-state index in [9.17, 15) is 0 Å². The molecule has 23 heavy (non-hydrogen) atoms. The Morgan fingerprint density at radius 3 is 2.78 bits per heavy atom. The molecule has 0 saturated heterocycles. The predicted octanol–water partition coefficient (Wildman–Crippen LogP) is 3.03. The Kier molecular flexibility index (Phi) is 7.76. The summed E-state index contributed by atoms with van der Waals surface area (Å²) in [5, 5.41) is 11.3. The van der Waals surface area contributed by atoms with Gasteiger partial charge in [-0.3, -0.25) is 4.99 Å². The lowest BCUT2D eigenvalue weighted by Crippen LogP contribution is -2.42. The highest BCUT2D eigenvalue weighted by Crippen LogP contribution is 2.23. The zero-order valence-corrected chi connectivity index (χ0v) is 17.3. The number of aryl methyl sites for hydroxylation is 2. The molecule has 0 saturated carbocycles. The van der Waals surface area contributed by atoms with Crippen molar-refractivity contribution in [2.45, 2.75) is 66.0 Å². The summed E-state index contributed by atoms with van der Waals surface area (Å²) in [6.07, 6.45) is 4.54. The van der Waals surface area contributed by atoms with Crippen molar-refractivity contribution in [3.8, 4) is 0 Å². The minimum atomic E-state index is 0. The first-order valence-electron chi connectivity index (χ1n) is 8.27. The van der Waals surface area contributed by atoms with Gasteiger partial charge < -0.3 is 10.6 Å². The first kappa shape index (κ1) is 20.2. The van der Waals surface area contributed by atoms with Gasteiger partial charge in [0.2, 0.25) is 0 Å². The van der Waals surface area contributed by atoms with Gasteiger partial charge in [0, 0.05) is 20.1 Å². The van der Waals surface area contributed by atoms with Crippen LogP contribution in [0.3, 0.4) is 0 Å². The van der Waals surface area contributed by atoms with E-state index in [1.807, 2.05) is 18.7 Å². The molecule has 2 heterocycles. The van der Waals surface area contributed by atoms with Crippen LogP contribution in [0.1, 0.15) is 64.1 Å². The molecule has 1 aromatic heterocycles. The Morgan fingerprint density at radius 1 is 1.39 bits per heavy atom. The van der Waals surface area contributed by atoms with E-state index >= 15 is 0 Å². The molecule has 0 aromatic carbocycles. The number of halogens is 1. The number of nitrogens with zero attached hydrogens (tertiary/aromatic N) is 4. The molecule has 0 spiro atoms. The predicted molar refractivity (Wildman–Crippen MR) is 105 cm³/mol. The smallest absolute Gasteiger partial charge is 0.191 e. The van der Waals surface area contributed by atoms with E-state index in [2.05, 4.69) is 46.5 Å². The van der Waals surface area contributed by atoms with Gasteiger partial charge in [0.05, 0.1) is 6.04 Å². The molecule has 0 radical (unpaired) electrons. The zero-order valence-electron chi connectivity index (χ0n) is 15.0. The van der Waals surface area contributed by atoms with Crippen molar-refractivity contribution in [3.05, 3.63) is 11.6 Å². The maximum absolute atomic E-state index is 4.56. The van der Waals surface area contributed by atoms with Gasteiger partial charge in [-0.15, -0.1) is 24.0 Å². The van der Waals surface area contributed by atoms with E-state index in [-0.39, 0.29) is 30.0 Å². The van der Waals surface area contributed by atoms with Crippen molar-refractivity contribution in [3.63, 3.8) is 0 Å². The van der Waals surface area contributed by atoms with E-state index in [4.69, 9.17) is 0 Å². The average Bonchev–Trinajstić information content (AvgIpc) is 2.82. The molecule has 1 aliphatic rings. The zero-order chi connectivity index (χ0) is 16.2. The van der Waals surface area contributed by atoms with Gasteiger partial charge in [-0.1, -0.05) is 20.8 Å². The van der Waals surface area contributed by atoms with Crippen LogP contribution in [-0.2, 0) is 6.54 Å². The molecule has 1 unspecified atom stereocenters. The lowest BCUT2D eigenvalue weighted by molar-refractivity contribution is 0.364. The number of fused-ring (bicyclic) bond motifs is 1. The van der Waals surface area contributed by atoms with E-state index in [1.165, 1.54) is 6.42 Å². The number of rotatable bonds is 4. The second kappa shape index (κ2) is 8.84. The third-order valence-corrected chi connectivity index (χ3v) is 3.91. The monoisotopic (exact) mass is 434 g/mol. The van der Waals surface area contributed by atoms with Crippen LogP contribution in [0.2, 0.25) is 0 Å². The highest BCUT2D eigenvalue weighted by atomic mass is 127. The van der Waals surface area contributed by atoms with E-state index in [0.29, 0.717) is 5.41 Å². The minimum Gasteiger partial charge on any atom is -0.356 e. The quantitative estimate of drug-likeness (QED) is 0.331. The molecule has 1 aromatic rings. The molecule has 0 aliphatic carbocycles. The van der Waals surface area contributed by atoms with Crippen LogP contribution in [0.4, 0.5) is 0 Å².